The van der Waals surface area contributed by atoms with Gasteiger partial charge in [0.15, 0.2) is 0 Å². The number of ether oxygens (including phenoxy) is 1. The zero-order chi connectivity index (χ0) is 22.4. The minimum absolute atomic E-state index is 0.0633. The number of rotatable bonds is 9. The first-order valence-corrected chi connectivity index (χ1v) is 10.1. The predicted molar refractivity (Wildman–Crippen MR) is 116 cm³/mol. The number of hydrogen-bond donors (Lipinski definition) is 2. The number of benzene rings is 2. The molecule has 0 bridgehead atoms. The summed E-state index contributed by atoms with van der Waals surface area (Å²) in [7, 11) is 1.49. The Balaban J connectivity index is 1.73. The molecule has 1 heterocycles. The van der Waals surface area contributed by atoms with Crippen molar-refractivity contribution in [2.45, 2.75) is 32.8 Å². The van der Waals surface area contributed by atoms with Crippen LogP contribution in [0.1, 0.15) is 29.2 Å². The van der Waals surface area contributed by atoms with Gasteiger partial charge in [-0.25, -0.2) is 9.37 Å². The van der Waals surface area contributed by atoms with Crippen molar-refractivity contribution in [1.82, 2.24) is 4.98 Å². The van der Waals surface area contributed by atoms with E-state index in [1.165, 1.54) is 7.11 Å². The average Bonchev–Trinajstić information content (AvgIpc) is 2.78. The van der Waals surface area contributed by atoms with Gasteiger partial charge in [-0.15, -0.1) is 0 Å². The maximum atomic E-state index is 14.1. The number of pyridine rings is 1. The Labute approximate surface area is 181 Å². The van der Waals surface area contributed by atoms with Crippen molar-refractivity contribution in [3.8, 4) is 17.0 Å². The predicted octanol–water partition coefficient (Wildman–Crippen LogP) is 4.44. The number of carboxylic acid groups (broad SMARTS) is 1. The molecule has 0 aliphatic carbocycles. The van der Waals surface area contributed by atoms with Crippen LogP contribution in [0.15, 0.2) is 54.7 Å². The van der Waals surface area contributed by atoms with Crippen LogP contribution in [0.3, 0.4) is 0 Å². The van der Waals surface area contributed by atoms with Crippen LogP contribution >= 0.6 is 0 Å². The highest BCUT2D eigenvalue weighted by molar-refractivity contribution is 5.70. The minimum atomic E-state index is -0.823. The summed E-state index contributed by atoms with van der Waals surface area (Å²) in [5.74, 6) is -1.34. The van der Waals surface area contributed by atoms with E-state index in [1.807, 2.05) is 42.5 Å². The van der Waals surface area contributed by atoms with Crippen molar-refractivity contribution in [2.24, 2.45) is 5.92 Å². The third-order valence-corrected chi connectivity index (χ3v) is 5.39. The number of aryl methyl sites for hydroxylation is 2. The highest BCUT2D eigenvalue weighted by Gasteiger charge is 2.13. The summed E-state index contributed by atoms with van der Waals surface area (Å²) in [6.07, 6.45) is 3.05. The van der Waals surface area contributed by atoms with Crippen LogP contribution in [-0.4, -0.2) is 28.3 Å². The largest absolute Gasteiger partial charge is 0.481 e. The topological polar surface area (TPSA) is 79.7 Å². The summed E-state index contributed by atoms with van der Waals surface area (Å²) in [6, 6.07) is 14.9. The fourth-order valence-electron chi connectivity index (χ4n) is 3.52. The van der Waals surface area contributed by atoms with E-state index < -0.39 is 17.7 Å². The molecule has 0 saturated carbocycles. The molecule has 2 aromatic carbocycles. The van der Waals surface area contributed by atoms with Gasteiger partial charge in [-0.2, -0.15) is 0 Å². The molecular formula is C25H26FNO4. The fourth-order valence-corrected chi connectivity index (χ4v) is 3.52. The molecule has 31 heavy (non-hydrogen) atoms. The minimum Gasteiger partial charge on any atom is -0.481 e. The number of carboxylic acids is 1. The van der Waals surface area contributed by atoms with E-state index in [4.69, 9.17) is 9.84 Å². The monoisotopic (exact) mass is 423 g/mol. The maximum absolute atomic E-state index is 14.1. The number of halogens is 1. The van der Waals surface area contributed by atoms with E-state index in [-0.39, 0.29) is 6.61 Å². The second-order valence-electron chi connectivity index (χ2n) is 7.61. The third-order valence-electron chi connectivity index (χ3n) is 5.39. The zero-order valence-electron chi connectivity index (χ0n) is 17.6. The molecule has 1 aromatic heterocycles. The fraction of sp³-hybridized carbons (Fsp3) is 0.280. The number of aliphatic hydroxyl groups excluding tert-OH is 1. The summed E-state index contributed by atoms with van der Waals surface area (Å²) < 4.78 is 19.2. The molecule has 5 nitrogen and oxygen atoms in total. The van der Waals surface area contributed by atoms with Crippen LogP contribution in [0, 0.1) is 11.7 Å². The number of nitrogens with zero attached hydrogens (tertiary/aromatic N) is 1. The summed E-state index contributed by atoms with van der Waals surface area (Å²) in [6.45, 7) is 1.62. The molecule has 1 unspecified atom stereocenters. The van der Waals surface area contributed by atoms with E-state index in [9.17, 15) is 14.3 Å². The van der Waals surface area contributed by atoms with Gasteiger partial charge in [0.2, 0.25) is 5.88 Å². The molecule has 0 aliphatic rings. The number of aromatic nitrogens is 1. The van der Waals surface area contributed by atoms with Crippen molar-refractivity contribution in [3.05, 3.63) is 82.8 Å². The second kappa shape index (κ2) is 10.2. The Morgan fingerprint density at radius 1 is 1.06 bits per heavy atom. The summed E-state index contributed by atoms with van der Waals surface area (Å²) >= 11 is 0. The van der Waals surface area contributed by atoms with Crippen LogP contribution in [0.4, 0.5) is 4.39 Å². The molecule has 2 N–H and O–H groups in total. The Morgan fingerprint density at radius 2 is 1.77 bits per heavy atom. The lowest BCUT2D eigenvalue weighted by atomic mass is 9.94. The Bertz CT molecular complexity index is 1050. The van der Waals surface area contributed by atoms with Crippen molar-refractivity contribution in [3.63, 3.8) is 0 Å². The molecule has 0 saturated heterocycles. The number of aliphatic carboxylic acids is 1. The lowest BCUT2D eigenvalue weighted by molar-refractivity contribution is -0.141. The summed E-state index contributed by atoms with van der Waals surface area (Å²) in [4.78, 5) is 15.0. The first kappa shape index (κ1) is 22.4. The SMILES string of the molecule is COc1cc(-c2ccc(CCc3cc(CC(C)C(=O)O)ccc3CO)cc2)c(F)cn1. The first-order valence-electron chi connectivity index (χ1n) is 10.1. The second-order valence-corrected chi connectivity index (χ2v) is 7.61. The van der Waals surface area contributed by atoms with Crippen LogP contribution in [0.2, 0.25) is 0 Å². The average molecular weight is 423 g/mol. The molecule has 1 atom stereocenters. The number of hydrogen-bond acceptors (Lipinski definition) is 4. The Morgan fingerprint density at radius 3 is 2.42 bits per heavy atom. The molecule has 0 aliphatic heterocycles. The van der Waals surface area contributed by atoms with E-state index in [1.54, 1.807) is 13.0 Å². The van der Waals surface area contributed by atoms with Crippen molar-refractivity contribution >= 4 is 5.97 Å². The van der Waals surface area contributed by atoms with Crippen LogP contribution in [0.25, 0.3) is 11.1 Å². The molecule has 3 aromatic rings. The van der Waals surface area contributed by atoms with Gasteiger partial charge in [0.05, 0.1) is 25.8 Å². The molecule has 3 rings (SSSR count). The van der Waals surface area contributed by atoms with E-state index in [0.29, 0.717) is 24.3 Å². The molecule has 162 valence electrons. The molecule has 0 spiro atoms. The quantitative estimate of drug-likeness (QED) is 0.532. The van der Waals surface area contributed by atoms with Gasteiger partial charge in [0.25, 0.3) is 0 Å². The molecule has 6 heteroatoms. The highest BCUT2D eigenvalue weighted by Crippen LogP contribution is 2.26. The third kappa shape index (κ3) is 5.67. The summed E-state index contributed by atoms with van der Waals surface area (Å²) in [5.41, 5.74) is 5.04. The zero-order valence-corrected chi connectivity index (χ0v) is 17.6. The maximum Gasteiger partial charge on any atom is 0.306 e. The van der Waals surface area contributed by atoms with Gasteiger partial charge in [0.1, 0.15) is 5.82 Å². The van der Waals surface area contributed by atoms with Crippen LogP contribution in [-0.2, 0) is 30.7 Å². The molecule has 0 amide bonds. The van der Waals surface area contributed by atoms with E-state index >= 15 is 0 Å². The van der Waals surface area contributed by atoms with Crippen LogP contribution in [0.5, 0.6) is 5.88 Å². The number of carbonyl (C=O) groups is 1. The van der Waals surface area contributed by atoms with E-state index in [0.717, 1.165) is 40.4 Å². The van der Waals surface area contributed by atoms with Crippen molar-refractivity contribution < 1.29 is 24.1 Å². The van der Waals surface area contributed by atoms with Gasteiger partial charge in [-0.1, -0.05) is 49.4 Å². The molecular weight excluding hydrogens is 397 g/mol. The smallest absolute Gasteiger partial charge is 0.306 e. The normalized spacial score (nSPS) is 11.9. The summed E-state index contributed by atoms with van der Waals surface area (Å²) in [5, 5.41) is 18.8. The van der Waals surface area contributed by atoms with Crippen LogP contribution < -0.4 is 4.74 Å². The van der Waals surface area contributed by atoms with Gasteiger partial charge >= 0.3 is 5.97 Å². The van der Waals surface area contributed by atoms with Gasteiger partial charge in [0, 0.05) is 11.6 Å². The van der Waals surface area contributed by atoms with Gasteiger partial charge in [-0.05, 0) is 47.1 Å². The first-order chi connectivity index (χ1) is 14.9. The Hall–Kier alpha value is -3.25. The standard InChI is InChI=1S/C25H26FNO4/c1-16(25(29)30)11-18-6-10-21(15-28)20(12-18)9-5-17-3-7-19(8-4-17)22-13-24(31-2)27-14-23(22)26/h3-4,6-8,10,12-14,16,28H,5,9,11,15H2,1-2H3,(H,29,30). The number of aliphatic hydroxyl groups is 1. The van der Waals surface area contributed by atoms with Crippen molar-refractivity contribution in [2.75, 3.05) is 7.11 Å². The molecule has 0 fully saturated rings. The highest BCUT2D eigenvalue weighted by atomic mass is 19.1. The molecule has 0 radical (unpaired) electrons. The Kier molecular flexibility index (Phi) is 7.36. The van der Waals surface area contributed by atoms with Crippen molar-refractivity contribution in [1.29, 1.82) is 0 Å². The van der Waals surface area contributed by atoms with Gasteiger partial charge < -0.3 is 14.9 Å². The lowest BCUT2D eigenvalue weighted by Crippen LogP contribution is -2.12. The van der Waals surface area contributed by atoms with E-state index in [2.05, 4.69) is 4.98 Å². The van der Waals surface area contributed by atoms with Gasteiger partial charge in [-0.3, -0.25) is 4.79 Å². The number of methoxy groups -OCH3 is 1. The lowest BCUT2D eigenvalue weighted by Gasteiger charge is -2.12.